The second-order valence-electron chi connectivity index (χ2n) is 5.30. The third-order valence-electron chi connectivity index (χ3n) is 3.82. The van der Waals surface area contributed by atoms with E-state index in [9.17, 15) is 4.79 Å². The number of H-pyrrole nitrogens is 1. The first-order valence-corrected chi connectivity index (χ1v) is 6.48. The number of piperidine rings is 1. The number of hydrogen-bond acceptors (Lipinski definition) is 3. The quantitative estimate of drug-likeness (QED) is 0.858. The zero-order valence-electron chi connectivity index (χ0n) is 11.7. The Morgan fingerprint density at radius 1 is 1.33 bits per heavy atom. The summed E-state index contributed by atoms with van der Waals surface area (Å²) >= 11 is 0. The van der Waals surface area contributed by atoms with Crippen molar-refractivity contribution in [3.63, 3.8) is 0 Å². The van der Waals surface area contributed by atoms with Gasteiger partial charge in [-0.2, -0.15) is 5.10 Å². The average molecular weight is 250 g/mol. The molecule has 1 aliphatic rings. The van der Waals surface area contributed by atoms with Crippen LogP contribution < -0.4 is 0 Å². The molecule has 0 aromatic carbocycles. The van der Waals surface area contributed by atoms with Crippen LogP contribution in [0.1, 0.15) is 34.6 Å². The Balaban J connectivity index is 2.04. The number of nitrogens with one attached hydrogen (secondary N) is 1. The topological polar surface area (TPSA) is 52.2 Å². The minimum Gasteiger partial charge on any atom is -0.338 e. The van der Waals surface area contributed by atoms with Crippen LogP contribution in [0.2, 0.25) is 0 Å². The number of nitrogens with zero attached hydrogens (tertiary/aromatic N) is 3. The van der Waals surface area contributed by atoms with E-state index in [1.165, 1.54) is 0 Å². The molecule has 0 aliphatic carbocycles. The highest BCUT2D eigenvalue weighted by Gasteiger charge is 2.27. The van der Waals surface area contributed by atoms with Gasteiger partial charge in [-0.05, 0) is 40.8 Å². The molecule has 0 atom stereocenters. The fourth-order valence-corrected chi connectivity index (χ4v) is 2.61. The van der Waals surface area contributed by atoms with E-state index in [0.717, 1.165) is 42.9 Å². The molecule has 0 unspecified atom stereocenters. The first-order valence-electron chi connectivity index (χ1n) is 6.48. The van der Waals surface area contributed by atoms with E-state index in [4.69, 9.17) is 0 Å². The van der Waals surface area contributed by atoms with Crippen LogP contribution in [0.25, 0.3) is 0 Å². The molecule has 1 fully saturated rings. The van der Waals surface area contributed by atoms with Crippen molar-refractivity contribution in [1.82, 2.24) is 20.0 Å². The summed E-state index contributed by atoms with van der Waals surface area (Å²) in [6.45, 7) is 5.46. The standard InChI is InChI=1S/C13H22N4O/c1-9-12(10(2)15-14-9)13(18)17-7-5-11(6-8-17)16(3)4/h11H,5-8H2,1-4H3,(H,14,15). The van der Waals surface area contributed by atoms with E-state index in [1.807, 2.05) is 18.7 Å². The average Bonchev–Trinajstić information content (AvgIpc) is 2.68. The SMILES string of the molecule is Cc1n[nH]c(C)c1C(=O)N1CCC(N(C)C)CC1. The number of aromatic nitrogens is 2. The van der Waals surface area contributed by atoms with Gasteiger partial charge in [0.2, 0.25) is 0 Å². The third kappa shape index (κ3) is 2.41. The molecule has 0 spiro atoms. The highest BCUT2D eigenvalue weighted by molar-refractivity contribution is 5.96. The number of amides is 1. The molecule has 0 saturated carbocycles. The lowest BCUT2D eigenvalue weighted by Gasteiger charge is -2.35. The Morgan fingerprint density at radius 2 is 1.94 bits per heavy atom. The van der Waals surface area contributed by atoms with Gasteiger partial charge in [-0.3, -0.25) is 9.89 Å². The Labute approximate surface area is 108 Å². The largest absolute Gasteiger partial charge is 0.338 e. The molecule has 1 N–H and O–H groups in total. The summed E-state index contributed by atoms with van der Waals surface area (Å²) in [6.07, 6.45) is 2.10. The summed E-state index contributed by atoms with van der Waals surface area (Å²) in [5, 5.41) is 6.97. The first-order chi connectivity index (χ1) is 8.50. The van der Waals surface area contributed by atoms with Crippen molar-refractivity contribution in [2.24, 2.45) is 0 Å². The van der Waals surface area contributed by atoms with Gasteiger partial charge in [-0.25, -0.2) is 0 Å². The zero-order chi connectivity index (χ0) is 13.3. The van der Waals surface area contributed by atoms with Gasteiger partial charge in [0.05, 0.1) is 11.3 Å². The van der Waals surface area contributed by atoms with Crippen LogP contribution in [0.5, 0.6) is 0 Å². The monoisotopic (exact) mass is 250 g/mol. The van der Waals surface area contributed by atoms with E-state index < -0.39 is 0 Å². The molecule has 18 heavy (non-hydrogen) atoms. The van der Waals surface area contributed by atoms with Gasteiger partial charge in [0.25, 0.3) is 5.91 Å². The lowest BCUT2D eigenvalue weighted by Crippen LogP contribution is -2.44. The van der Waals surface area contributed by atoms with E-state index in [1.54, 1.807) is 0 Å². The summed E-state index contributed by atoms with van der Waals surface area (Å²) in [7, 11) is 4.21. The zero-order valence-corrected chi connectivity index (χ0v) is 11.7. The van der Waals surface area contributed by atoms with Gasteiger partial charge in [0.15, 0.2) is 0 Å². The Morgan fingerprint density at radius 3 is 2.39 bits per heavy atom. The van der Waals surface area contributed by atoms with Gasteiger partial charge in [0, 0.05) is 24.8 Å². The summed E-state index contributed by atoms with van der Waals surface area (Å²) in [5.74, 6) is 0.121. The van der Waals surface area contributed by atoms with E-state index in [-0.39, 0.29) is 5.91 Å². The van der Waals surface area contributed by atoms with Gasteiger partial charge >= 0.3 is 0 Å². The number of rotatable bonds is 2. The molecule has 0 bridgehead atoms. The summed E-state index contributed by atoms with van der Waals surface area (Å²) < 4.78 is 0. The molecule has 1 aliphatic heterocycles. The molecule has 100 valence electrons. The number of carbonyl (C=O) groups is 1. The lowest BCUT2D eigenvalue weighted by molar-refractivity contribution is 0.0662. The van der Waals surface area contributed by atoms with E-state index in [2.05, 4.69) is 29.2 Å². The summed E-state index contributed by atoms with van der Waals surface area (Å²) in [6, 6.07) is 0.598. The predicted molar refractivity (Wildman–Crippen MR) is 70.7 cm³/mol. The number of hydrogen-bond donors (Lipinski definition) is 1. The number of aryl methyl sites for hydroxylation is 2. The molecule has 1 saturated heterocycles. The lowest BCUT2D eigenvalue weighted by atomic mass is 10.0. The fourth-order valence-electron chi connectivity index (χ4n) is 2.61. The third-order valence-corrected chi connectivity index (χ3v) is 3.82. The Kier molecular flexibility index (Phi) is 3.71. The minimum absolute atomic E-state index is 0.121. The van der Waals surface area contributed by atoms with Gasteiger partial charge in [0.1, 0.15) is 0 Å². The minimum atomic E-state index is 0.121. The van der Waals surface area contributed by atoms with Gasteiger partial charge < -0.3 is 9.80 Å². The van der Waals surface area contributed by atoms with Crippen molar-refractivity contribution in [3.8, 4) is 0 Å². The molecule has 5 nitrogen and oxygen atoms in total. The number of aromatic amines is 1. The number of likely N-dealkylation sites (tertiary alicyclic amines) is 1. The molecule has 2 rings (SSSR count). The van der Waals surface area contributed by atoms with Gasteiger partial charge in [-0.1, -0.05) is 0 Å². The second-order valence-corrected chi connectivity index (χ2v) is 5.30. The predicted octanol–water partition coefficient (Wildman–Crippen LogP) is 1.19. The maximum atomic E-state index is 12.4. The molecular weight excluding hydrogens is 228 g/mol. The molecule has 2 heterocycles. The summed E-state index contributed by atoms with van der Waals surface area (Å²) in [5.41, 5.74) is 2.41. The molecule has 1 amide bonds. The highest BCUT2D eigenvalue weighted by Crippen LogP contribution is 2.19. The molecule has 0 radical (unpaired) electrons. The Bertz CT molecular complexity index is 411. The molecule has 1 aromatic heterocycles. The van der Waals surface area contributed by atoms with Crippen molar-refractivity contribution < 1.29 is 4.79 Å². The second kappa shape index (κ2) is 5.10. The maximum absolute atomic E-state index is 12.4. The molecular formula is C13H22N4O. The fraction of sp³-hybridized carbons (Fsp3) is 0.692. The highest BCUT2D eigenvalue weighted by atomic mass is 16.2. The van der Waals surface area contributed by atoms with Crippen LogP contribution in [0.3, 0.4) is 0 Å². The van der Waals surface area contributed by atoms with Gasteiger partial charge in [-0.15, -0.1) is 0 Å². The van der Waals surface area contributed by atoms with Crippen molar-refractivity contribution >= 4 is 5.91 Å². The van der Waals surface area contributed by atoms with E-state index >= 15 is 0 Å². The smallest absolute Gasteiger partial charge is 0.257 e. The van der Waals surface area contributed by atoms with Crippen LogP contribution in [-0.2, 0) is 0 Å². The van der Waals surface area contributed by atoms with Crippen LogP contribution in [0, 0.1) is 13.8 Å². The van der Waals surface area contributed by atoms with Crippen LogP contribution in [0.4, 0.5) is 0 Å². The Hall–Kier alpha value is -1.36. The van der Waals surface area contributed by atoms with Crippen molar-refractivity contribution in [2.75, 3.05) is 27.2 Å². The van der Waals surface area contributed by atoms with Crippen molar-refractivity contribution in [1.29, 1.82) is 0 Å². The van der Waals surface area contributed by atoms with Crippen LogP contribution in [-0.4, -0.2) is 59.1 Å². The van der Waals surface area contributed by atoms with Crippen LogP contribution in [0.15, 0.2) is 0 Å². The van der Waals surface area contributed by atoms with Crippen LogP contribution >= 0.6 is 0 Å². The van der Waals surface area contributed by atoms with E-state index in [0.29, 0.717) is 6.04 Å². The number of carbonyl (C=O) groups excluding carboxylic acids is 1. The van der Waals surface area contributed by atoms with Crippen molar-refractivity contribution in [3.05, 3.63) is 17.0 Å². The summed E-state index contributed by atoms with van der Waals surface area (Å²) in [4.78, 5) is 16.6. The normalized spacial score (nSPS) is 17.5. The molecule has 1 aromatic rings. The van der Waals surface area contributed by atoms with Crippen molar-refractivity contribution in [2.45, 2.75) is 32.7 Å². The first kappa shape index (κ1) is 13.1. The maximum Gasteiger partial charge on any atom is 0.257 e. The molecule has 5 heteroatoms.